The zero-order chi connectivity index (χ0) is 23.1. The number of halogens is 2. The normalized spacial score (nSPS) is 17.4. The molecule has 0 radical (unpaired) electrons. The van der Waals surface area contributed by atoms with Gasteiger partial charge in [0.15, 0.2) is 11.5 Å². The zero-order valence-electron chi connectivity index (χ0n) is 19.2. The van der Waals surface area contributed by atoms with Gasteiger partial charge in [0, 0.05) is 11.6 Å². The number of hydrogen-bond acceptors (Lipinski definition) is 6. The fraction of sp³-hybridized carbons (Fsp3) is 0.500. The molecule has 10 heteroatoms. The largest absolute Gasteiger partial charge is 0.504 e. The van der Waals surface area contributed by atoms with Crippen LogP contribution in [0.15, 0.2) is 41.3 Å². The van der Waals surface area contributed by atoms with Gasteiger partial charge in [-0.05, 0) is 80.4 Å². The monoisotopic (exact) mass is 534 g/mol. The molecule has 0 amide bonds. The van der Waals surface area contributed by atoms with Gasteiger partial charge in [0.1, 0.15) is 0 Å². The van der Waals surface area contributed by atoms with Crippen LogP contribution in [0.5, 0.6) is 11.5 Å². The fourth-order valence-electron chi connectivity index (χ4n) is 4.52. The lowest BCUT2D eigenvalue weighted by Crippen LogP contribution is -2.33. The van der Waals surface area contributed by atoms with E-state index < -0.39 is 10.1 Å². The van der Waals surface area contributed by atoms with Crippen molar-refractivity contribution in [2.75, 3.05) is 13.1 Å². The van der Waals surface area contributed by atoms with Gasteiger partial charge in [0.05, 0.1) is 4.90 Å². The lowest BCUT2D eigenvalue weighted by Gasteiger charge is -2.32. The topological polar surface area (TPSA) is 133 Å². The molecule has 2 aromatic rings. The summed E-state index contributed by atoms with van der Waals surface area (Å²) in [6.07, 6.45) is 7.76. The second kappa shape index (κ2) is 14.1. The number of unbranched alkanes of at least 4 members (excludes halogenated alkanes) is 3. The molecule has 0 bridgehead atoms. The Labute approximate surface area is 214 Å². The first-order valence-electron chi connectivity index (χ1n) is 11.3. The van der Waals surface area contributed by atoms with E-state index in [1.165, 1.54) is 12.1 Å². The maximum atomic E-state index is 11.1. The maximum Gasteiger partial charge on any atom is 0.294 e. The summed E-state index contributed by atoms with van der Waals surface area (Å²) in [5.74, 6) is 0.191. The third-order valence-corrected chi connectivity index (χ3v) is 7.24. The molecular formula is C24H36Cl2N2O5S. The van der Waals surface area contributed by atoms with Crippen molar-refractivity contribution in [1.29, 1.82) is 0 Å². The van der Waals surface area contributed by atoms with E-state index in [1.807, 2.05) is 6.07 Å². The Morgan fingerprint density at radius 3 is 2.29 bits per heavy atom. The molecule has 3 rings (SSSR count). The van der Waals surface area contributed by atoms with Crippen molar-refractivity contribution < 1.29 is 23.2 Å². The number of fused-ring (bicyclic) bond motifs is 1. The quantitative estimate of drug-likeness (QED) is 0.164. The smallest absolute Gasteiger partial charge is 0.294 e. The Hall–Kier alpha value is -1.55. The van der Waals surface area contributed by atoms with Crippen LogP contribution in [-0.4, -0.2) is 42.3 Å². The Morgan fingerprint density at radius 1 is 0.941 bits per heavy atom. The van der Waals surface area contributed by atoms with E-state index in [1.54, 1.807) is 18.2 Å². The SMILES string of the molecule is Cl.Cl.NC1CCc2c(ccc(O)c2O)C1CCCCCCNCCc1ccc(S(=O)(=O)O)cc1. The van der Waals surface area contributed by atoms with E-state index in [0.717, 1.165) is 74.7 Å². The number of rotatable bonds is 11. The molecule has 1 aliphatic rings. The van der Waals surface area contributed by atoms with Gasteiger partial charge < -0.3 is 21.3 Å². The van der Waals surface area contributed by atoms with Crippen molar-refractivity contribution in [3.8, 4) is 11.5 Å². The van der Waals surface area contributed by atoms with Gasteiger partial charge >= 0.3 is 0 Å². The second-order valence-corrected chi connectivity index (χ2v) is 10.1. The average molecular weight is 536 g/mol. The summed E-state index contributed by atoms with van der Waals surface area (Å²) in [6.45, 7) is 1.75. The van der Waals surface area contributed by atoms with Gasteiger partial charge in [-0.25, -0.2) is 0 Å². The molecule has 2 aromatic carbocycles. The van der Waals surface area contributed by atoms with E-state index in [-0.39, 0.29) is 53.2 Å². The molecule has 0 spiro atoms. The van der Waals surface area contributed by atoms with Crippen LogP contribution in [0.4, 0.5) is 0 Å². The molecule has 0 saturated heterocycles. The first kappa shape index (κ1) is 30.5. The number of hydrogen-bond donors (Lipinski definition) is 5. The summed E-state index contributed by atoms with van der Waals surface area (Å²) in [5, 5.41) is 23.3. The molecule has 0 heterocycles. The Morgan fingerprint density at radius 2 is 1.62 bits per heavy atom. The van der Waals surface area contributed by atoms with Crippen molar-refractivity contribution in [2.24, 2.45) is 5.73 Å². The highest BCUT2D eigenvalue weighted by molar-refractivity contribution is 7.85. The highest BCUT2D eigenvalue weighted by Crippen LogP contribution is 2.42. The van der Waals surface area contributed by atoms with Crippen molar-refractivity contribution in [3.63, 3.8) is 0 Å². The molecule has 6 N–H and O–H groups in total. The van der Waals surface area contributed by atoms with Crippen molar-refractivity contribution in [2.45, 2.75) is 68.2 Å². The van der Waals surface area contributed by atoms with Gasteiger partial charge in [-0.15, -0.1) is 24.8 Å². The van der Waals surface area contributed by atoms with Gasteiger partial charge in [-0.3, -0.25) is 4.55 Å². The summed E-state index contributed by atoms with van der Waals surface area (Å²) >= 11 is 0. The van der Waals surface area contributed by atoms with Crippen molar-refractivity contribution in [1.82, 2.24) is 5.32 Å². The van der Waals surface area contributed by atoms with E-state index in [9.17, 15) is 18.6 Å². The second-order valence-electron chi connectivity index (χ2n) is 8.63. The van der Waals surface area contributed by atoms with E-state index in [2.05, 4.69) is 5.32 Å². The molecule has 0 fully saturated rings. The molecule has 7 nitrogen and oxygen atoms in total. The fourth-order valence-corrected chi connectivity index (χ4v) is 5.00. The molecule has 2 unspecified atom stereocenters. The highest BCUT2D eigenvalue weighted by atomic mass is 35.5. The molecule has 1 aliphatic carbocycles. The number of aromatic hydroxyl groups is 2. The van der Waals surface area contributed by atoms with Crippen LogP contribution in [0.3, 0.4) is 0 Å². The molecule has 34 heavy (non-hydrogen) atoms. The molecule has 0 aromatic heterocycles. The number of benzene rings is 2. The van der Waals surface area contributed by atoms with Gasteiger partial charge in [0.2, 0.25) is 0 Å². The Kier molecular flexibility index (Phi) is 12.7. The molecule has 2 atom stereocenters. The van der Waals surface area contributed by atoms with Gasteiger partial charge in [-0.1, -0.05) is 37.5 Å². The minimum Gasteiger partial charge on any atom is -0.504 e. The lowest BCUT2D eigenvalue weighted by molar-refractivity contribution is 0.380. The first-order valence-corrected chi connectivity index (χ1v) is 12.8. The third kappa shape index (κ3) is 8.29. The lowest BCUT2D eigenvalue weighted by atomic mass is 9.76. The summed E-state index contributed by atoms with van der Waals surface area (Å²) in [5.41, 5.74) is 9.32. The molecular weight excluding hydrogens is 499 g/mol. The predicted molar refractivity (Wildman–Crippen MR) is 139 cm³/mol. The average Bonchev–Trinajstić information content (AvgIpc) is 2.76. The van der Waals surface area contributed by atoms with Gasteiger partial charge in [0.25, 0.3) is 10.1 Å². The van der Waals surface area contributed by atoms with Crippen molar-refractivity contribution >= 4 is 34.9 Å². The molecule has 192 valence electrons. The van der Waals surface area contributed by atoms with E-state index in [0.29, 0.717) is 6.42 Å². The van der Waals surface area contributed by atoms with Crippen LogP contribution < -0.4 is 11.1 Å². The number of nitrogens with two attached hydrogens (primary N) is 1. The van der Waals surface area contributed by atoms with Crippen LogP contribution in [0.2, 0.25) is 0 Å². The van der Waals surface area contributed by atoms with Crippen LogP contribution in [-0.2, 0) is 23.0 Å². The van der Waals surface area contributed by atoms with Crippen LogP contribution in [0.25, 0.3) is 0 Å². The van der Waals surface area contributed by atoms with E-state index in [4.69, 9.17) is 10.3 Å². The summed E-state index contributed by atoms with van der Waals surface area (Å²) < 4.78 is 31.1. The van der Waals surface area contributed by atoms with E-state index >= 15 is 0 Å². The van der Waals surface area contributed by atoms with Crippen LogP contribution >= 0.6 is 24.8 Å². The Bertz CT molecular complexity index is 1000. The maximum absolute atomic E-state index is 11.1. The summed E-state index contributed by atoms with van der Waals surface area (Å²) in [7, 11) is -4.13. The van der Waals surface area contributed by atoms with Crippen LogP contribution in [0, 0.1) is 0 Å². The first-order chi connectivity index (χ1) is 15.3. The minimum absolute atomic E-state index is 0. The zero-order valence-corrected chi connectivity index (χ0v) is 21.6. The number of nitrogens with one attached hydrogen (secondary N) is 1. The van der Waals surface area contributed by atoms with Crippen molar-refractivity contribution in [3.05, 3.63) is 53.1 Å². The molecule has 0 saturated carbocycles. The molecule has 0 aliphatic heterocycles. The number of phenols is 2. The Balaban J connectivity index is 0.00000289. The van der Waals surface area contributed by atoms with Gasteiger partial charge in [-0.2, -0.15) is 8.42 Å². The highest BCUT2D eigenvalue weighted by Gasteiger charge is 2.29. The predicted octanol–water partition coefficient (Wildman–Crippen LogP) is 4.33. The minimum atomic E-state index is -4.13. The standard InChI is InChI=1S/C24H34N2O5S.2ClH/c25-22-12-10-21-19(11-13-23(27)24(21)28)20(22)5-3-1-2-4-15-26-16-14-17-6-8-18(9-7-17)32(29,30)31;;/h6-9,11,13,20,22,26-28H,1-5,10,12,14-16,25H2,(H,29,30,31);2*1H. The third-order valence-electron chi connectivity index (χ3n) is 6.37. The summed E-state index contributed by atoms with van der Waals surface area (Å²) in [6, 6.07) is 9.86. The van der Waals surface area contributed by atoms with Crippen LogP contribution in [0.1, 0.15) is 61.1 Å². The number of phenolic OH excluding ortho intramolecular Hbond substituents is 2. The summed E-state index contributed by atoms with van der Waals surface area (Å²) in [4.78, 5) is -0.0816.